The van der Waals surface area contributed by atoms with Crippen LogP contribution in [-0.4, -0.2) is 6.54 Å². The monoisotopic (exact) mass is 306 g/mol. The van der Waals surface area contributed by atoms with E-state index in [0.29, 0.717) is 5.41 Å². The van der Waals surface area contributed by atoms with Crippen molar-refractivity contribution in [3.8, 4) is 6.07 Å². The zero-order valence-electron chi connectivity index (χ0n) is 10.8. The highest BCUT2D eigenvalue weighted by molar-refractivity contribution is 9.10. The fourth-order valence-electron chi connectivity index (χ4n) is 2.65. The first-order valence-electron chi connectivity index (χ1n) is 6.56. The molecule has 0 saturated heterocycles. The van der Waals surface area contributed by atoms with Crippen LogP contribution in [0, 0.1) is 16.7 Å². The molecule has 0 unspecified atom stereocenters. The fraction of sp³-hybridized carbons (Fsp3) is 0.533. The van der Waals surface area contributed by atoms with Crippen LogP contribution in [0.1, 0.15) is 44.6 Å². The van der Waals surface area contributed by atoms with Crippen LogP contribution in [0.5, 0.6) is 0 Å². The van der Waals surface area contributed by atoms with Crippen molar-refractivity contribution >= 4 is 21.6 Å². The number of rotatable bonds is 3. The van der Waals surface area contributed by atoms with Gasteiger partial charge >= 0.3 is 0 Å². The highest BCUT2D eigenvalue weighted by Gasteiger charge is 2.26. The van der Waals surface area contributed by atoms with Crippen molar-refractivity contribution in [2.75, 3.05) is 11.9 Å². The van der Waals surface area contributed by atoms with Gasteiger partial charge in [-0.1, -0.05) is 42.1 Å². The zero-order chi connectivity index (χ0) is 13.0. The quantitative estimate of drug-likeness (QED) is 0.878. The smallest absolute Gasteiger partial charge is 0.101 e. The minimum absolute atomic E-state index is 0.382. The van der Waals surface area contributed by atoms with Crippen LogP contribution >= 0.6 is 15.9 Å². The minimum Gasteiger partial charge on any atom is -0.383 e. The van der Waals surface area contributed by atoms with Gasteiger partial charge in [0.25, 0.3) is 0 Å². The van der Waals surface area contributed by atoms with E-state index in [9.17, 15) is 0 Å². The molecule has 3 heteroatoms. The summed E-state index contributed by atoms with van der Waals surface area (Å²) < 4.78 is 1.01. The summed E-state index contributed by atoms with van der Waals surface area (Å²) in [6, 6.07) is 8.00. The maximum Gasteiger partial charge on any atom is 0.101 e. The van der Waals surface area contributed by atoms with Gasteiger partial charge in [0.1, 0.15) is 6.07 Å². The molecule has 0 bridgehead atoms. The Hall–Kier alpha value is -1.01. The van der Waals surface area contributed by atoms with Crippen molar-refractivity contribution in [2.45, 2.75) is 39.0 Å². The third kappa shape index (κ3) is 3.26. The molecule has 0 aliphatic heterocycles. The summed E-state index contributed by atoms with van der Waals surface area (Å²) in [4.78, 5) is 0. The summed E-state index contributed by atoms with van der Waals surface area (Å²) in [5, 5.41) is 12.6. The van der Waals surface area contributed by atoms with E-state index in [0.717, 1.165) is 22.3 Å². The molecule has 1 saturated carbocycles. The second-order valence-corrected chi connectivity index (χ2v) is 6.44. The first-order valence-corrected chi connectivity index (χ1v) is 7.36. The van der Waals surface area contributed by atoms with Gasteiger partial charge in [0.2, 0.25) is 0 Å². The van der Waals surface area contributed by atoms with Gasteiger partial charge in [0.05, 0.1) is 11.3 Å². The number of hydrogen-bond donors (Lipinski definition) is 1. The standard InChI is InChI=1S/C15H19BrN2/c1-15(7-3-2-4-8-15)11-18-14-9-13(16)6-5-12(14)10-17/h5-6,9,18H,2-4,7-8,11H2,1H3. The average molecular weight is 307 g/mol. The Balaban J connectivity index is 2.05. The Kier molecular flexibility index (Phi) is 4.29. The number of anilines is 1. The largest absolute Gasteiger partial charge is 0.383 e. The van der Waals surface area contributed by atoms with E-state index in [2.05, 4.69) is 34.2 Å². The minimum atomic E-state index is 0.382. The summed E-state index contributed by atoms with van der Waals surface area (Å²) in [6.07, 6.45) is 6.62. The molecule has 1 aromatic rings. The molecule has 0 aromatic heterocycles. The SMILES string of the molecule is CC1(CNc2cc(Br)ccc2C#N)CCCCC1. The number of nitriles is 1. The maximum absolute atomic E-state index is 9.11. The van der Waals surface area contributed by atoms with Crippen LogP contribution in [0.25, 0.3) is 0 Å². The Morgan fingerprint density at radius 3 is 2.72 bits per heavy atom. The van der Waals surface area contributed by atoms with Crippen LogP contribution in [0.15, 0.2) is 22.7 Å². The lowest BCUT2D eigenvalue weighted by atomic mass is 9.75. The van der Waals surface area contributed by atoms with Gasteiger partial charge in [-0.2, -0.15) is 5.26 Å². The second kappa shape index (κ2) is 5.75. The Morgan fingerprint density at radius 2 is 2.06 bits per heavy atom. The van der Waals surface area contributed by atoms with Gasteiger partial charge in [0, 0.05) is 11.0 Å². The van der Waals surface area contributed by atoms with E-state index < -0.39 is 0 Å². The van der Waals surface area contributed by atoms with Gasteiger partial charge < -0.3 is 5.32 Å². The summed E-state index contributed by atoms with van der Waals surface area (Å²) >= 11 is 3.46. The molecular formula is C15H19BrN2. The summed E-state index contributed by atoms with van der Waals surface area (Å²) in [5.41, 5.74) is 2.05. The fourth-order valence-corrected chi connectivity index (χ4v) is 3.01. The van der Waals surface area contributed by atoms with Gasteiger partial charge in [-0.25, -0.2) is 0 Å². The predicted molar refractivity (Wildman–Crippen MR) is 78.5 cm³/mol. The van der Waals surface area contributed by atoms with Gasteiger partial charge in [0.15, 0.2) is 0 Å². The molecule has 0 amide bonds. The maximum atomic E-state index is 9.11. The third-order valence-electron chi connectivity index (χ3n) is 3.87. The van der Waals surface area contributed by atoms with E-state index in [1.165, 1.54) is 32.1 Å². The van der Waals surface area contributed by atoms with Crippen LogP contribution in [0.4, 0.5) is 5.69 Å². The summed E-state index contributed by atoms with van der Waals surface area (Å²) in [7, 11) is 0. The molecule has 0 heterocycles. The van der Waals surface area contributed by atoms with Crippen LogP contribution in [0.3, 0.4) is 0 Å². The molecular weight excluding hydrogens is 288 g/mol. The summed E-state index contributed by atoms with van der Waals surface area (Å²) in [6.45, 7) is 3.31. The van der Waals surface area contributed by atoms with Crippen molar-refractivity contribution < 1.29 is 0 Å². The predicted octanol–water partition coefficient (Wildman–Crippen LogP) is 4.70. The molecule has 2 rings (SSSR count). The normalized spacial score (nSPS) is 18.1. The molecule has 0 radical (unpaired) electrons. The van der Waals surface area contributed by atoms with E-state index in [-0.39, 0.29) is 0 Å². The number of nitrogens with zero attached hydrogens (tertiary/aromatic N) is 1. The van der Waals surface area contributed by atoms with Crippen molar-refractivity contribution in [1.29, 1.82) is 5.26 Å². The lowest BCUT2D eigenvalue weighted by molar-refractivity contribution is 0.233. The van der Waals surface area contributed by atoms with E-state index >= 15 is 0 Å². The molecule has 1 aliphatic carbocycles. The number of benzene rings is 1. The highest BCUT2D eigenvalue weighted by Crippen LogP contribution is 2.36. The lowest BCUT2D eigenvalue weighted by Crippen LogP contribution is -2.29. The Bertz CT molecular complexity index is 456. The lowest BCUT2D eigenvalue weighted by Gasteiger charge is -2.34. The van der Waals surface area contributed by atoms with Crippen molar-refractivity contribution in [3.63, 3.8) is 0 Å². The van der Waals surface area contributed by atoms with Crippen molar-refractivity contribution in [2.24, 2.45) is 5.41 Å². The molecule has 1 fully saturated rings. The molecule has 0 atom stereocenters. The number of hydrogen-bond acceptors (Lipinski definition) is 2. The average Bonchev–Trinajstić information content (AvgIpc) is 2.38. The molecule has 0 spiro atoms. The van der Waals surface area contributed by atoms with Crippen molar-refractivity contribution in [3.05, 3.63) is 28.2 Å². The Morgan fingerprint density at radius 1 is 1.33 bits per heavy atom. The first kappa shape index (κ1) is 13.4. The zero-order valence-corrected chi connectivity index (χ0v) is 12.4. The van der Waals surface area contributed by atoms with Crippen LogP contribution < -0.4 is 5.32 Å². The number of nitrogens with one attached hydrogen (secondary N) is 1. The Labute approximate surface area is 118 Å². The van der Waals surface area contributed by atoms with Crippen LogP contribution in [0.2, 0.25) is 0 Å². The van der Waals surface area contributed by atoms with Gasteiger partial charge in [-0.15, -0.1) is 0 Å². The summed E-state index contributed by atoms with van der Waals surface area (Å²) in [5.74, 6) is 0. The molecule has 1 aromatic carbocycles. The molecule has 2 nitrogen and oxygen atoms in total. The topological polar surface area (TPSA) is 35.8 Å². The number of halogens is 1. The third-order valence-corrected chi connectivity index (χ3v) is 4.36. The van der Waals surface area contributed by atoms with Crippen molar-refractivity contribution in [1.82, 2.24) is 0 Å². The van der Waals surface area contributed by atoms with E-state index in [1.54, 1.807) is 0 Å². The molecule has 18 heavy (non-hydrogen) atoms. The second-order valence-electron chi connectivity index (χ2n) is 5.53. The molecule has 1 N–H and O–H groups in total. The van der Waals surface area contributed by atoms with Gasteiger partial charge in [-0.3, -0.25) is 0 Å². The van der Waals surface area contributed by atoms with Crippen LogP contribution in [-0.2, 0) is 0 Å². The highest BCUT2D eigenvalue weighted by atomic mass is 79.9. The van der Waals surface area contributed by atoms with E-state index in [1.807, 2.05) is 18.2 Å². The van der Waals surface area contributed by atoms with Gasteiger partial charge in [-0.05, 0) is 36.5 Å². The first-order chi connectivity index (χ1) is 8.63. The van der Waals surface area contributed by atoms with E-state index in [4.69, 9.17) is 5.26 Å². The molecule has 96 valence electrons. The molecule has 1 aliphatic rings.